The summed E-state index contributed by atoms with van der Waals surface area (Å²) < 4.78 is 11.0. The van der Waals surface area contributed by atoms with E-state index in [2.05, 4.69) is 11.0 Å². The third kappa shape index (κ3) is 3.51. The molecule has 5 rings (SSSR count). The Hall–Kier alpha value is -3.05. The SMILES string of the molecule is COCOC[C@@H]1[C@@H]2[C@@H]([C@H](C#N)CN2C)C2(C(=O)N(Cc3ccccc3)c3ccccc32)[C@@H]1CC=O. The fourth-order valence-corrected chi connectivity index (χ4v) is 7.24. The highest BCUT2D eigenvalue weighted by atomic mass is 16.7. The van der Waals surface area contributed by atoms with Gasteiger partial charge in [-0.1, -0.05) is 48.5 Å². The van der Waals surface area contributed by atoms with Gasteiger partial charge in [0.15, 0.2) is 0 Å². The van der Waals surface area contributed by atoms with Crippen LogP contribution in [-0.4, -0.2) is 57.2 Å². The van der Waals surface area contributed by atoms with Gasteiger partial charge in [-0.2, -0.15) is 5.26 Å². The lowest BCUT2D eigenvalue weighted by Crippen LogP contribution is -2.49. The van der Waals surface area contributed by atoms with E-state index in [1.54, 1.807) is 7.11 Å². The second-order valence-corrected chi connectivity index (χ2v) is 9.90. The van der Waals surface area contributed by atoms with Crippen molar-refractivity contribution in [3.8, 4) is 6.07 Å². The summed E-state index contributed by atoms with van der Waals surface area (Å²) in [5, 5.41) is 10.2. The number of rotatable bonds is 8. The molecule has 0 radical (unpaired) electrons. The van der Waals surface area contributed by atoms with Gasteiger partial charge in [-0.15, -0.1) is 0 Å². The van der Waals surface area contributed by atoms with Crippen LogP contribution in [0.3, 0.4) is 0 Å². The van der Waals surface area contributed by atoms with Crippen LogP contribution in [0.1, 0.15) is 17.5 Å². The standard InChI is InChI=1S/C28H31N3O4/c1-30-16-20(14-29)25-26(30)21(17-35-18-34-2)22(12-13-32)28(25)23-10-6-7-11-24(23)31(27(28)33)15-19-8-4-3-5-9-19/h3-11,13,20-22,25-26H,12,15-18H2,1-2H3/t20-,21+,22-,25-,26-,28?/m1/s1. The van der Waals surface area contributed by atoms with E-state index in [-0.39, 0.29) is 48.8 Å². The number of likely N-dealkylation sites (tertiary alicyclic amines) is 1. The van der Waals surface area contributed by atoms with E-state index >= 15 is 0 Å². The van der Waals surface area contributed by atoms with Crippen molar-refractivity contribution in [3.05, 3.63) is 65.7 Å². The van der Waals surface area contributed by atoms with E-state index in [4.69, 9.17) is 9.47 Å². The predicted molar refractivity (Wildman–Crippen MR) is 130 cm³/mol. The number of para-hydroxylation sites is 1. The van der Waals surface area contributed by atoms with Gasteiger partial charge in [0.05, 0.1) is 30.6 Å². The first kappa shape index (κ1) is 23.7. The molecule has 1 saturated carbocycles. The monoisotopic (exact) mass is 473 g/mol. The molecule has 0 N–H and O–H groups in total. The van der Waals surface area contributed by atoms with Crippen LogP contribution in [0.4, 0.5) is 5.69 Å². The Labute approximate surface area is 206 Å². The average molecular weight is 474 g/mol. The Morgan fingerprint density at radius 1 is 1.17 bits per heavy atom. The number of anilines is 1. The van der Waals surface area contributed by atoms with Crippen LogP contribution in [0.5, 0.6) is 0 Å². The fraction of sp³-hybridized carbons (Fsp3) is 0.464. The number of carbonyl (C=O) groups excluding carboxylic acids is 2. The molecule has 1 spiro atoms. The molecule has 2 aromatic rings. The number of ether oxygens (including phenoxy) is 2. The molecule has 7 heteroatoms. The van der Waals surface area contributed by atoms with Gasteiger partial charge in [0.1, 0.15) is 13.1 Å². The van der Waals surface area contributed by atoms with E-state index in [0.29, 0.717) is 19.7 Å². The zero-order valence-electron chi connectivity index (χ0n) is 20.2. The molecule has 2 aliphatic heterocycles. The van der Waals surface area contributed by atoms with Gasteiger partial charge >= 0.3 is 0 Å². The molecule has 1 saturated heterocycles. The van der Waals surface area contributed by atoms with Crippen LogP contribution >= 0.6 is 0 Å². The van der Waals surface area contributed by atoms with Crippen molar-refractivity contribution < 1.29 is 19.1 Å². The normalized spacial score (nSPS) is 31.5. The molecule has 6 atom stereocenters. The first-order chi connectivity index (χ1) is 17.1. The number of nitrogens with zero attached hydrogens (tertiary/aromatic N) is 3. The maximum Gasteiger partial charge on any atom is 0.238 e. The minimum Gasteiger partial charge on any atom is -0.359 e. The Morgan fingerprint density at radius 3 is 2.63 bits per heavy atom. The number of carbonyl (C=O) groups is 2. The van der Waals surface area contributed by atoms with Crippen LogP contribution < -0.4 is 4.90 Å². The van der Waals surface area contributed by atoms with Gasteiger partial charge in [0, 0.05) is 43.6 Å². The van der Waals surface area contributed by atoms with Crippen LogP contribution in [0, 0.1) is 35.0 Å². The smallest absolute Gasteiger partial charge is 0.238 e. The molecule has 1 amide bonds. The molecule has 35 heavy (non-hydrogen) atoms. The van der Waals surface area contributed by atoms with E-state index < -0.39 is 5.41 Å². The molecule has 0 bridgehead atoms. The number of hydrogen-bond donors (Lipinski definition) is 0. The minimum atomic E-state index is -0.955. The molecule has 182 valence electrons. The third-order valence-electron chi connectivity index (χ3n) is 8.31. The lowest BCUT2D eigenvalue weighted by Gasteiger charge is -2.37. The zero-order chi connectivity index (χ0) is 24.6. The highest BCUT2D eigenvalue weighted by Crippen LogP contribution is 2.64. The van der Waals surface area contributed by atoms with E-state index in [1.165, 1.54) is 0 Å². The second kappa shape index (κ2) is 9.54. The lowest BCUT2D eigenvalue weighted by atomic mass is 9.63. The Bertz CT molecular complexity index is 1130. The summed E-state index contributed by atoms with van der Waals surface area (Å²) in [5.41, 5.74) is 1.89. The summed E-state index contributed by atoms with van der Waals surface area (Å²) in [4.78, 5) is 30.8. The number of amides is 1. The molecule has 1 unspecified atom stereocenters. The number of fused-ring (bicyclic) bond motifs is 4. The van der Waals surface area contributed by atoms with Crippen molar-refractivity contribution in [2.75, 3.05) is 39.0 Å². The highest BCUT2D eigenvalue weighted by molar-refractivity contribution is 6.09. The van der Waals surface area contributed by atoms with Crippen molar-refractivity contribution in [3.63, 3.8) is 0 Å². The highest BCUT2D eigenvalue weighted by Gasteiger charge is 2.72. The Balaban J connectivity index is 1.68. The summed E-state index contributed by atoms with van der Waals surface area (Å²) in [6, 6.07) is 20.3. The van der Waals surface area contributed by atoms with Crippen LogP contribution in [-0.2, 0) is 31.0 Å². The maximum atomic E-state index is 14.7. The predicted octanol–water partition coefficient (Wildman–Crippen LogP) is 3.00. The Kier molecular flexibility index (Phi) is 6.45. The lowest BCUT2D eigenvalue weighted by molar-refractivity contribution is -0.127. The zero-order valence-corrected chi connectivity index (χ0v) is 20.2. The van der Waals surface area contributed by atoms with Crippen molar-refractivity contribution in [2.24, 2.45) is 23.7 Å². The van der Waals surface area contributed by atoms with Crippen molar-refractivity contribution in [1.29, 1.82) is 5.26 Å². The topological polar surface area (TPSA) is 82.9 Å². The maximum absolute atomic E-state index is 14.7. The fourth-order valence-electron chi connectivity index (χ4n) is 7.24. The first-order valence-corrected chi connectivity index (χ1v) is 12.1. The molecule has 7 nitrogen and oxygen atoms in total. The summed E-state index contributed by atoms with van der Waals surface area (Å²) >= 11 is 0. The van der Waals surface area contributed by atoms with Gasteiger partial charge in [0.2, 0.25) is 5.91 Å². The number of hydrogen-bond acceptors (Lipinski definition) is 6. The molecular weight excluding hydrogens is 442 g/mol. The molecule has 3 aliphatic rings. The molecule has 2 heterocycles. The van der Waals surface area contributed by atoms with Crippen LogP contribution in [0.2, 0.25) is 0 Å². The number of aldehydes is 1. The number of methoxy groups -OCH3 is 1. The summed E-state index contributed by atoms with van der Waals surface area (Å²) in [5.74, 6) is -0.917. The van der Waals surface area contributed by atoms with E-state index in [0.717, 1.165) is 23.1 Å². The van der Waals surface area contributed by atoms with Crippen molar-refractivity contribution in [2.45, 2.75) is 24.4 Å². The summed E-state index contributed by atoms with van der Waals surface area (Å²) in [6.45, 7) is 1.55. The van der Waals surface area contributed by atoms with E-state index in [9.17, 15) is 14.9 Å². The molecular formula is C28H31N3O4. The van der Waals surface area contributed by atoms with Gasteiger partial charge in [0.25, 0.3) is 0 Å². The van der Waals surface area contributed by atoms with Gasteiger partial charge in [-0.25, -0.2) is 0 Å². The molecule has 2 aromatic carbocycles. The number of nitriles is 1. The van der Waals surface area contributed by atoms with Crippen molar-refractivity contribution >= 4 is 17.9 Å². The first-order valence-electron chi connectivity index (χ1n) is 12.1. The molecule has 1 aliphatic carbocycles. The summed E-state index contributed by atoms with van der Waals surface area (Å²) in [6.07, 6.45) is 1.16. The number of benzene rings is 2. The van der Waals surface area contributed by atoms with Crippen LogP contribution in [0.15, 0.2) is 54.6 Å². The Morgan fingerprint density at radius 2 is 1.91 bits per heavy atom. The van der Waals surface area contributed by atoms with E-state index in [1.807, 2.05) is 66.5 Å². The molecule has 2 fully saturated rings. The quantitative estimate of drug-likeness (QED) is 0.333. The largest absolute Gasteiger partial charge is 0.359 e. The minimum absolute atomic E-state index is 0.00538. The molecule has 0 aromatic heterocycles. The average Bonchev–Trinajstić information content (AvgIpc) is 3.44. The second-order valence-electron chi connectivity index (χ2n) is 9.90. The third-order valence-corrected chi connectivity index (χ3v) is 8.31. The van der Waals surface area contributed by atoms with Crippen molar-refractivity contribution in [1.82, 2.24) is 4.90 Å². The van der Waals surface area contributed by atoms with Crippen LogP contribution in [0.25, 0.3) is 0 Å². The summed E-state index contributed by atoms with van der Waals surface area (Å²) in [7, 11) is 3.59. The van der Waals surface area contributed by atoms with Gasteiger partial charge in [-0.05, 0) is 30.2 Å². The van der Waals surface area contributed by atoms with Gasteiger partial charge < -0.3 is 24.1 Å². The van der Waals surface area contributed by atoms with Gasteiger partial charge in [-0.3, -0.25) is 4.79 Å².